The molecule has 2 rings (SSSR count). The van der Waals surface area contributed by atoms with Crippen molar-refractivity contribution in [2.45, 2.75) is 25.4 Å². The first-order valence-corrected chi connectivity index (χ1v) is 5.25. The highest BCUT2D eigenvalue weighted by molar-refractivity contribution is 5.76. The van der Waals surface area contributed by atoms with Gasteiger partial charge in [-0.15, -0.1) is 0 Å². The Morgan fingerprint density at radius 3 is 2.80 bits per heavy atom. The topological polar surface area (TPSA) is 64.2 Å². The van der Waals surface area contributed by atoms with Crippen LogP contribution in [0.3, 0.4) is 0 Å². The van der Waals surface area contributed by atoms with Gasteiger partial charge in [0.1, 0.15) is 6.54 Å². The van der Waals surface area contributed by atoms with Gasteiger partial charge in [-0.25, -0.2) is 4.98 Å². The van der Waals surface area contributed by atoms with E-state index in [2.05, 4.69) is 4.98 Å². The Kier molecular flexibility index (Phi) is 3.01. The maximum absolute atomic E-state index is 11.8. The zero-order valence-electron chi connectivity index (χ0n) is 8.67. The van der Waals surface area contributed by atoms with Crippen molar-refractivity contribution in [3.8, 4) is 0 Å². The second-order valence-electron chi connectivity index (χ2n) is 3.95. The molecule has 1 amide bonds. The lowest BCUT2D eigenvalue weighted by atomic mass is 10.1. The van der Waals surface area contributed by atoms with Gasteiger partial charge in [-0.3, -0.25) is 4.79 Å². The zero-order chi connectivity index (χ0) is 10.7. The SMILES string of the molecule is NC1CCN(C(=O)Cn2ccnc2)CC1. The van der Waals surface area contributed by atoms with Gasteiger partial charge in [0.15, 0.2) is 0 Å². The summed E-state index contributed by atoms with van der Waals surface area (Å²) in [6, 6.07) is 0.266. The van der Waals surface area contributed by atoms with Crippen LogP contribution in [-0.2, 0) is 11.3 Å². The normalized spacial score (nSPS) is 18.1. The molecule has 82 valence electrons. The zero-order valence-corrected chi connectivity index (χ0v) is 8.67. The number of nitrogens with zero attached hydrogens (tertiary/aromatic N) is 3. The Bertz CT molecular complexity index is 314. The van der Waals surface area contributed by atoms with Crippen molar-refractivity contribution >= 4 is 5.91 Å². The number of nitrogens with two attached hydrogens (primary N) is 1. The van der Waals surface area contributed by atoms with Crippen LogP contribution in [0.2, 0.25) is 0 Å². The van der Waals surface area contributed by atoms with E-state index in [1.54, 1.807) is 23.3 Å². The van der Waals surface area contributed by atoms with Gasteiger partial charge in [-0.05, 0) is 12.8 Å². The predicted octanol–water partition coefficient (Wildman–Crippen LogP) is -0.167. The number of hydrogen-bond donors (Lipinski definition) is 1. The number of aromatic nitrogens is 2. The molecule has 0 radical (unpaired) electrons. The Labute approximate surface area is 88.9 Å². The summed E-state index contributed by atoms with van der Waals surface area (Å²) in [6.45, 7) is 1.96. The summed E-state index contributed by atoms with van der Waals surface area (Å²) in [5.41, 5.74) is 5.78. The summed E-state index contributed by atoms with van der Waals surface area (Å²) >= 11 is 0. The number of piperidine rings is 1. The molecule has 0 aromatic carbocycles. The average molecular weight is 208 g/mol. The molecule has 0 aliphatic carbocycles. The lowest BCUT2D eigenvalue weighted by Gasteiger charge is -2.30. The molecule has 0 saturated carbocycles. The van der Waals surface area contributed by atoms with Crippen molar-refractivity contribution < 1.29 is 4.79 Å². The van der Waals surface area contributed by atoms with Crippen LogP contribution < -0.4 is 5.73 Å². The van der Waals surface area contributed by atoms with Crippen molar-refractivity contribution in [1.82, 2.24) is 14.5 Å². The van der Waals surface area contributed by atoms with Crippen LogP contribution in [0.15, 0.2) is 18.7 Å². The van der Waals surface area contributed by atoms with E-state index >= 15 is 0 Å². The molecule has 2 N–H and O–H groups in total. The molecule has 0 atom stereocenters. The van der Waals surface area contributed by atoms with Crippen LogP contribution in [0.25, 0.3) is 0 Å². The third-order valence-electron chi connectivity index (χ3n) is 2.77. The lowest BCUT2D eigenvalue weighted by Crippen LogP contribution is -2.43. The first kappa shape index (κ1) is 10.2. The average Bonchev–Trinajstić information content (AvgIpc) is 2.71. The van der Waals surface area contributed by atoms with E-state index in [-0.39, 0.29) is 11.9 Å². The quantitative estimate of drug-likeness (QED) is 0.734. The smallest absolute Gasteiger partial charge is 0.242 e. The third-order valence-corrected chi connectivity index (χ3v) is 2.77. The molecule has 1 saturated heterocycles. The fourth-order valence-electron chi connectivity index (χ4n) is 1.79. The van der Waals surface area contributed by atoms with E-state index in [1.165, 1.54) is 0 Å². The van der Waals surface area contributed by atoms with Crippen LogP contribution in [0.1, 0.15) is 12.8 Å². The van der Waals surface area contributed by atoms with E-state index in [0.717, 1.165) is 25.9 Å². The lowest BCUT2D eigenvalue weighted by molar-refractivity contribution is -0.132. The third kappa shape index (κ3) is 2.56. The van der Waals surface area contributed by atoms with E-state index in [1.807, 2.05) is 4.90 Å². The van der Waals surface area contributed by atoms with E-state index in [9.17, 15) is 4.79 Å². The largest absolute Gasteiger partial charge is 0.341 e. The summed E-state index contributed by atoms with van der Waals surface area (Å²) in [5, 5.41) is 0. The first-order chi connectivity index (χ1) is 7.25. The molecule has 1 aromatic heterocycles. The van der Waals surface area contributed by atoms with Crippen molar-refractivity contribution in [2.24, 2.45) is 5.73 Å². The van der Waals surface area contributed by atoms with E-state index in [4.69, 9.17) is 5.73 Å². The Morgan fingerprint density at radius 1 is 1.47 bits per heavy atom. The molecule has 0 spiro atoms. The molecular weight excluding hydrogens is 192 g/mol. The fourth-order valence-corrected chi connectivity index (χ4v) is 1.79. The van der Waals surface area contributed by atoms with Crippen molar-refractivity contribution in [1.29, 1.82) is 0 Å². The molecule has 5 nitrogen and oxygen atoms in total. The second kappa shape index (κ2) is 4.44. The van der Waals surface area contributed by atoms with Crippen molar-refractivity contribution in [2.75, 3.05) is 13.1 Å². The van der Waals surface area contributed by atoms with Crippen LogP contribution in [0, 0.1) is 0 Å². The van der Waals surface area contributed by atoms with Gasteiger partial charge in [0.25, 0.3) is 0 Å². The number of imidazole rings is 1. The minimum absolute atomic E-state index is 0.153. The molecule has 1 fully saturated rings. The molecule has 5 heteroatoms. The molecule has 0 bridgehead atoms. The minimum Gasteiger partial charge on any atom is -0.341 e. The molecular formula is C10H16N4O. The Balaban J connectivity index is 1.86. The molecule has 1 aliphatic heterocycles. The van der Waals surface area contributed by atoms with Gasteiger partial charge in [0.2, 0.25) is 5.91 Å². The van der Waals surface area contributed by atoms with Gasteiger partial charge in [0, 0.05) is 31.5 Å². The predicted molar refractivity (Wildman–Crippen MR) is 56.0 cm³/mol. The van der Waals surface area contributed by atoms with Crippen molar-refractivity contribution in [3.63, 3.8) is 0 Å². The highest BCUT2D eigenvalue weighted by Crippen LogP contribution is 2.08. The van der Waals surface area contributed by atoms with E-state index in [0.29, 0.717) is 6.54 Å². The second-order valence-corrected chi connectivity index (χ2v) is 3.95. The summed E-state index contributed by atoms with van der Waals surface area (Å²) in [6.07, 6.45) is 6.96. The summed E-state index contributed by atoms with van der Waals surface area (Å²) < 4.78 is 1.79. The van der Waals surface area contributed by atoms with Gasteiger partial charge in [-0.2, -0.15) is 0 Å². The van der Waals surface area contributed by atoms with Gasteiger partial charge in [0.05, 0.1) is 6.33 Å². The van der Waals surface area contributed by atoms with Crippen LogP contribution >= 0.6 is 0 Å². The molecule has 1 aromatic rings. The minimum atomic E-state index is 0.153. The first-order valence-electron chi connectivity index (χ1n) is 5.25. The Morgan fingerprint density at radius 2 is 2.20 bits per heavy atom. The van der Waals surface area contributed by atoms with Gasteiger partial charge in [-0.1, -0.05) is 0 Å². The number of amides is 1. The van der Waals surface area contributed by atoms with Crippen LogP contribution in [0.4, 0.5) is 0 Å². The summed E-state index contributed by atoms with van der Waals surface area (Å²) in [7, 11) is 0. The summed E-state index contributed by atoms with van der Waals surface area (Å²) in [4.78, 5) is 17.6. The van der Waals surface area contributed by atoms with Crippen LogP contribution in [-0.4, -0.2) is 39.5 Å². The molecule has 1 aliphatic rings. The standard InChI is InChI=1S/C10H16N4O/c11-9-1-4-14(5-2-9)10(15)7-13-6-3-12-8-13/h3,6,8-9H,1-2,4-5,7,11H2. The van der Waals surface area contributed by atoms with Crippen LogP contribution in [0.5, 0.6) is 0 Å². The molecule has 2 heterocycles. The Hall–Kier alpha value is -1.36. The number of carbonyl (C=O) groups is 1. The monoisotopic (exact) mass is 208 g/mol. The number of hydrogen-bond acceptors (Lipinski definition) is 3. The number of likely N-dealkylation sites (tertiary alicyclic amines) is 1. The highest BCUT2D eigenvalue weighted by Gasteiger charge is 2.20. The summed E-state index contributed by atoms with van der Waals surface area (Å²) in [5.74, 6) is 0.153. The maximum atomic E-state index is 11.8. The highest BCUT2D eigenvalue weighted by atomic mass is 16.2. The fraction of sp³-hybridized carbons (Fsp3) is 0.600. The molecule has 0 unspecified atom stereocenters. The maximum Gasteiger partial charge on any atom is 0.242 e. The number of rotatable bonds is 2. The van der Waals surface area contributed by atoms with Gasteiger partial charge >= 0.3 is 0 Å². The van der Waals surface area contributed by atoms with Crippen molar-refractivity contribution in [3.05, 3.63) is 18.7 Å². The van der Waals surface area contributed by atoms with E-state index < -0.39 is 0 Å². The van der Waals surface area contributed by atoms with Gasteiger partial charge < -0.3 is 15.2 Å². The molecule has 15 heavy (non-hydrogen) atoms. The number of carbonyl (C=O) groups excluding carboxylic acids is 1.